The molecule has 2 aromatic heterocycles. The van der Waals surface area contributed by atoms with Crippen LogP contribution in [-0.2, 0) is 15.0 Å². The molecule has 0 aromatic carbocycles. The highest BCUT2D eigenvalue weighted by Crippen LogP contribution is 2.39. The Kier molecular flexibility index (Phi) is 7.96. The van der Waals surface area contributed by atoms with Crippen molar-refractivity contribution in [2.45, 2.75) is 88.9 Å². The minimum Gasteiger partial charge on any atom is -0.391 e. The second kappa shape index (κ2) is 11.0. The number of carbonyl (C=O) groups is 2. The molecule has 0 spiro atoms. The van der Waals surface area contributed by atoms with E-state index in [0.29, 0.717) is 10.6 Å². The fraction of sp³-hybridized carbons (Fsp3) is 0.556. The van der Waals surface area contributed by atoms with Crippen molar-refractivity contribution < 1.29 is 14.7 Å². The van der Waals surface area contributed by atoms with Crippen LogP contribution < -0.4 is 10.2 Å². The lowest BCUT2D eigenvalue weighted by molar-refractivity contribution is -0.128. The summed E-state index contributed by atoms with van der Waals surface area (Å²) in [6, 6.07) is 5.72. The third-order valence-corrected chi connectivity index (χ3v) is 8.47. The number of anilines is 1. The number of amides is 2. The van der Waals surface area contributed by atoms with E-state index < -0.39 is 18.2 Å². The van der Waals surface area contributed by atoms with Gasteiger partial charge in [0.1, 0.15) is 12.1 Å². The molecule has 1 saturated heterocycles. The third-order valence-electron chi connectivity index (χ3n) is 6.96. The van der Waals surface area contributed by atoms with E-state index in [1.165, 1.54) is 27.6 Å². The van der Waals surface area contributed by atoms with Gasteiger partial charge in [0.25, 0.3) is 5.91 Å². The molecule has 192 valence electrons. The molecule has 2 aliphatic rings. The Balaban J connectivity index is 1.78. The maximum Gasteiger partial charge on any atom is 0.252 e. The van der Waals surface area contributed by atoms with E-state index in [1.54, 1.807) is 18.5 Å². The summed E-state index contributed by atoms with van der Waals surface area (Å²) in [5.41, 5.74) is 0.473. The van der Waals surface area contributed by atoms with Crippen molar-refractivity contribution >= 4 is 28.2 Å². The van der Waals surface area contributed by atoms with Gasteiger partial charge in [-0.05, 0) is 36.5 Å². The number of nitrogens with zero attached hydrogens (tertiary/aromatic N) is 4. The first-order valence-electron chi connectivity index (χ1n) is 12.7. The van der Waals surface area contributed by atoms with Crippen molar-refractivity contribution in [3.05, 3.63) is 47.1 Å². The van der Waals surface area contributed by atoms with Crippen LogP contribution in [0.4, 0.5) is 5.00 Å². The number of hydrogen-bond donors (Lipinski definition) is 2. The van der Waals surface area contributed by atoms with E-state index in [1.807, 2.05) is 18.2 Å². The van der Waals surface area contributed by atoms with Crippen LogP contribution in [0.3, 0.4) is 0 Å². The summed E-state index contributed by atoms with van der Waals surface area (Å²) in [4.78, 5) is 36.2. The molecule has 4 rings (SSSR count). The largest absolute Gasteiger partial charge is 0.391 e. The molecule has 3 atom stereocenters. The molecule has 0 bridgehead atoms. The normalized spacial score (nSPS) is 21.6. The summed E-state index contributed by atoms with van der Waals surface area (Å²) < 4.78 is 0. The molecule has 2 aromatic rings. The molecule has 1 aliphatic carbocycles. The monoisotopic (exact) mass is 509 g/mol. The Morgan fingerprint density at radius 3 is 2.61 bits per heavy atom. The number of pyridine rings is 1. The van der Waals surface area contributed by atoms with Crippen molar-refractivity contribution in [3.8, 4) is 6.19 Å². The Bertz CT molecular complexity index is 1100. The molecule has 9 heteroatoms. The number of hydrogen-bond acceptors (Lipinski definition) is 7. The van der Waals surface area contributed by atoms with Crippen LogP contribution in [0.1, 0.15) is 75.8 Å². The number of β-amino-alcohol motifs (C(OH)–C–C–N with tert-alkyl or cyclic N) is 1. The van der Waals surface area contributed by atoms with Gasteiger partial charge in [-0.15, -0.1) is 11.3 Å². The zero-order chi connectivity index (χ0) is 25.9. The first-order valence-corrected chi connectivity index (χ1v) is 13.5. The van der Waals surface area contributed by atoms with Gasteiger partial charge in [-0.1, -0.05) is 46.1 Å². The van der Waals surface area contributed by atoms with Gasteiger partial charge in [0.15, 0.2) is 6.19 Å². The Hall–Kier alpha value is -2.96. The Labute approximate surface area is 216 Å². The van der Waals surface area contributed by atoms with Gasteiger partial charge < -0.3 is 10.4 Å². The zero-order valence-electron chi connectivity index (χ0n) is 21.2. The maximum absolute atomic E-state index is 14.2. The molecule has 8 nitrogen and oxygen atoms in total. The summed E-state index contributed by atoms with van der Waals surface area (Å²) in [6.45, 7) is 6.42. The highest BCUT2D eigenvalue weighted by Gasteiger charge is 2.43. The second-order valence-corrected chi connectivity index (χ2v) is 11.8. The van der Waals surface area contributed by atoms with E-state index in [4.69, 9.17) is 0 Å². The lowest BCUT2D eigenvalue weighted by atomic mass is 9.94. The number of rotatable bonds is 6. The highest BCUT2D eigenvalue weighted by atomic mass is 32.1. The Morgan fingerprint density at radius 2 is 2.00 bits per heavy atom. The summed E-state index contributed by atoms with van der Waals surface area (Å²) in [5, 5.41) is 23.7. The SMILES string of the molecule is CC(C)(C)c1ccc(N(C(=O)[C@H]2C[C@@H](O)CN2C#N)C(C(=O)NC2CCCCC2)c2cccnc2)s1. The highest BCUT2D eigenvalue weighted by molar-refractivity contribution is 7.16. The van der Waals surface area contributed by atoms with Crippen LogP contribution in [0.15, 0.2) is 36.7 Å². The molecule has 1 aliphatic heterocycles. The third kappa shape index (κ3) is 5.71. The van der Waals surface area contributed by atoms with Crippen molar-refractivity contribution in [1.29, 1.82) is 5.26 Å². The van der Waals surface area contributed by atoms with Gasteiger partial charge >= 0.3 is 0 Å². The van der Waals surface area contributed by atoms with E-state index in [9.17, 15) is 20.0 Å². The lowest BCUT2D eigenvalue weighted by Gasteiger charge is -2.34. The van der Waals surface area contributed by atoms with Crippen LogP contribution in [0.5, 0.6) is 0 Å². The average Bonchev–Trinajstić information content (AvgIpc) is 3.50. The molecule has 2 N–H and O–H groups in total. The van der Waals surface area contributed by atoms with Crippen LogP contribution in [0.2, 0.25) is 0 Å². The van der Waals surface area contributed by atoms with Crippen LogP contribution >= 0.6 is 11.3 Å². The van der Waals surface area contributed by atoms with Gasteiger partial charge in [-0.25, -0.2) is 0 Å². The number of aliphatic hydroxyl groups excluding tert-OH is 1. The fourth-order valence-electron chi connectivity index (χ4n) is 5.02. The molecular weight excluding hydrogens is 474 g/mol. The van der Waals surface area contributed by atoms with Crippen molar-refractivity contribution in [3.63, 3.8) is 0 Å². The molecule has 2 amide bonds. The summed E-state index contributed by atoms with van der Waals surface area (Å²) >= 11 is 1.47. The average molecular weight is 510 g/mol. The maximum atomic E-state index is 14.2. The van der Waals surface area contributed by atoms with E-state index in [2.05, 4.69) is 37.3 Å². The second-order valence-electron chi connectivity index (χ2n) is 10.8. The van der Waals surface area contributed by atoms with Gasteiger partial charge in [0.2, 0.25) is 5.91 Å². The van der Waals surface area contributed by atoms with Crippen molar-refractivity contribution in [2.24, 2.45) is 0 Å². The molecule has 0 radical (unpaired) electrons. The number of aromatic nitrogens is 1. The summed E-state index contributed by atoms with van der Waals surface area (Å²) in [6.07, 6.45) is 9.83. The molecule has 2 fully saturated rings. The molecule has 1 saturated carbocycles. The number of nitriles is 1. The predicted octanol–water partition coefficient (Wildman–Crippen LogP) is 3.88. The number of carbonyl (C=O) groups excluding carboxylic acids is 2. The summed E-state index contributed by atoms with van der Waals surface area (Å²) in [7, 11) is 0. The van der Waals surface area contributed by atoms with E-state index in [-0.39, 0.29) is 36.2 Å². The van der Waals surface area contributed by atoms with Crippen LogP contribution in [0.25, 0.3) is 0 Å². The van der Waals surface area contributed by atoms with Gasteiger partial charge in [-0.2, -0.15) is 5.26 Å². The Morgan fingerprint density at radius 1 is 1.25 bits per heavy atom. The number of aliphatic hydroxyl groups is 1. The molecular formula is C27H35N5O3S. The minimum atomic E-state index is -0.946. The van der Waals surface area contributed by atoms with Gasteiger partial charge in [-0.3, -0.25) is 24.4 Å². The smallest absolute Gasteiger partial charge is 0.252 e. The number of nitrogens with one attached hydrogen (secondary N) is 1. The van der Waals surface area contributed by atoms with Gasteiger partial charge in [0, 0.05) is 35.3 Å². The van der Waals surface area contributed by atoms with Crippen LogP contribution in [0, 0.1) is 11.5 Å². The molecule has 36 heavy (non-hydrogen) atoms. The van der Waals surface area contributed by atoms with E-state index in [0.717, 1.165) is 30.6 Å². The molecule has 3 heterocycles. The standard InChI is InChI=1S/C27H35N5O3S/c1-27(2,3)22-11-12-23(36-22)32(26(35)21-14-20(33)16-31(21)17-28)24(18-8-7-13-29-15-18)25(34)30-19-9-5-4-6-10-19/h7-8,11-13,15,19-21,24,33H,4-6,9-10,14,16H2,1-3H3,(H,30,34)/t20-,21-,24?/m1/s1. The van der Waals surface area contributed by atoms with Crippen molar-refractivity contribution in [1.82, 2.24) is 15.2 Å². The summed E-state index contributed by atoms with van der Waals surface area (Å²) in [5.74, 6) is -0.626. The first-order chi connectivity index (χ1) is 17.2. The fourth-order valence-corrected chi connectivity index (χ4v) is 6.12. The predicted molar refractivity (Wildman–Crippen MR) is 139 cm³/mol. The quantitative estimate of drug-likeness (QED) is 0.572. The topological polar surface area (TPSA) is 110 Å². The number of likely N-dealkylation sites (tertiary alicyclic amines) is 1. The first kappa shape index (κ1) is 26.1. The zero-order valence-corrected chi connectivity index (χ0v) is 22.0. The van der Waals surface area contributed by atoms with Crippen molar-refractivity contribution in [2.75, 3.05) is 11.4 Å². The van der Waals surface area contributed by atoms with E-state index >= 15 is 0 Å². The lowest BCUT2D eigenvalue weighted by Crippen LogP contribution is -2.51. The van der Waals surface area contributed by atoms with Crippen LogP contribution in [-0.4, -0.2) is 51.5 Å². The number of thiophene rings is 1. The molecule has 1 unspecified atom stereocenters. The minimum absolute atomic E-state index is 0.0692. The van der Waals surface area contributed by atoms with Gasteiger partial charge in [0.05, 0.1) is 17.6 Å².